The summed E-state index contributed by atoms with van der Waals surface area (Å²) in [5.41, 5.74) is 0. The topological polar surface area (TPSA) is 35.4 Å². The molecule has 0 heterocycles. The van der Waals surface area contributed by atoms with E-state index in [1.807, 2.05) is 20.8 Å². The molecular formula is C8H13Cl2NOS. The van der Waals surface area contributed by atoms with Crippen LogP contribution in [-0.2, 0) is 11.4 Å². The highest BCUT2D eigenvalue weighted by Gasteiger charge is 2.51. The maximum atomic E-state index is 11.4. The molecule has 0 aromatic heterocycles. The van der Waals surface area contributed by atoms with Gasteiger partial charge < -0.3 is 4.55 Å². The molecule has 0 N–H and O–H groups in total. The summed E-state index contributed by atoms with van der Waals surface area (Å²) >= 11 is 10.4. The molecule has 13 heavy (non-hydrogen) atoms. The van der Waals surface area contributed by atoms with Crippen LogP contribution in [0.15, 0.2) is 4.40 Å². The van der Waals surface area contributed by atoms with Crippen LogP contribution in [0.2, 0.25) is 0 Å². The van der Waals surface area contributed by atoms with Crippen molar-refractivity contribution in [3.63, 3.8) is 0 Å². The van der Waals surface area contributed by atoms with Gasteiger partial charge in [-0.1, -0.05) is 4.40 Å². The molecule has 1 rings (SSSR count). The van der Waals surface area contributed by atoms with Crippen LogP contribution in [0.5, 0.6) is 0 Å². The van der Waals surface area contributed by atoms with Crippen LogP contribution in [0, 0.1) is 5.92 Å². The molecule has 1 fully saturated rings. The third kappa shape index (κ3) is 3.31. The lowest BCUT2D eigenvalue weighted by atomic mass is 10.3. The van der Waals surface area contributed by atoms with Gasteiger partial charge in [0.05, 0.1) is 6.21 Å². The van der Waals surface area contributed by atoms with Gasteiger partial charge in [0.15, 0.2) is 0 Å². The largest absolute Gasteiger partial charge is 0.591 e. The molecule has 1 aliphatic rings. The lowest BCUT2D eigenvalue weighted by Gasteiger charge is -2.17. The molecule has 1 unspecified atom stereocenters. The molecule has 1 saturated carbocycles. The van der Waals surface area contributed by atoms with Crippen molar-refractivity contribution in [2.75, 3.05) is 0 Å². The lowest BCUT2D eigenvalue weighted by Crippen LogP contribution is -2.26. The zero-order chi connectivity index (χ0) is 10.3. The number of nitrogens with zero attached hydrogens (tertiary/aromatic N) is 1. The fourth-order valence-corrected chi connectivity index (χ4v) is 1.70. The number of rotatable bonds is 2. The van der Waals surface area contributed by atoms with E-state index in [2.05, 4.69) is 4.40 Å². The van der Waals surface area contributed by atoms with Crippen molar-refractivity contribution in [3.8, 4) is 0 Å². The van der Waals surface area contributed by atoms with Gasteiger partial charge in [-0.2, -0.15) is 0 Å². The SMILES string of the molecule is CC(C)(C)[S@+]([O-])N=CC1CC1(Cl)Cl. The molecule has 0 amide bonds. The van der Waals surface area contributed by atoms with E-state index in [0.29, 0.717) is 6.42 Å². The molecule has 2 atom stereocenters. The average molecular weight is 242 g/mol. The van der Waals surface area contributed by atoms with E-state index < -0.39 is 15.7 Å². The molecule has 0 radical (unpaired) electrons. The van der Waals surface area contributed by atoms with Crippen molar-refractivity contribution in [2.45, 2.75) is 36.3 Å². The van der Waals surface area contributed by atoms with Crippen LogP contribution in [0.1, 0.15) is 27.2 Å². The Kier molecular flexibility index (Phi) is 3.23. The van der Waals surface area contributed by atoms with Gasteiger partial charge in [-0.3, -0.25) is 0 Å². The second-order valence-electron chi connectivity index (χ2n) is 4.19. The van der Waals surface area contributed by atoms with Gasteiger partial charge in [-0.25, -0.2) is 0 Å². The first kappa shape index (κ1) is 11.6. The number of halogens is 2. The Balaban J connectivity index is 2.42. The Morgan fingerprint density at radius 3 is 2.31 bits per heavy atom. The van der Waals surface area contributed by atoms with Crippen LogP contribution in [-0.4, -0.2) is 19.8 Å². The quantitative estimate of drug-likeness (QED) is 0.416. The molecule has 0 saturated heterocycles. The Bertz CT molecular complexity index is 225. The summed E-state index contributed by atoms with van der Waals surface area (Å²) < 4.78 is 14.4. The van der Waals surface area contributed by atoms with Crippen LogP contribution < -0.4 is 0 Å². The smallest absolute Gasteiger partial charge is 0.144 e. The van der Waals surface area contributed by atoms with Crippen molar-refractivity contribution in [1.29, 1.82) is 0 Å². The lowest BCUT2D eigenvalue weighted by molar-refractivity contribution is 0.561. The van der Waals surface area contributed by atoms with Crippen molar-refractivity contribution in [1.82, 2.24) is 0 Å². The summed E-state index contributed by atoms with van der Waals surface area (Å²) in [6.45, 7) is 5.63. The molecule has 0 aromatic carbocycles. The van der Waals surface area contributed by atoms with E-state index in [1.165, 1.54) is 0 Å². The van der Waals surface area contributed by atoms with Crippen LogP contribution in [0.4, 0.5) is 0 Å². The third-order valence-corrected chi connectivity index (χ3v) is 3.96. The van der Waals surface area contributed by atoms with Gasteiger partial charge in [0, 0.05) is 5.92 Å². The summed E-state index contributed by atoms with van der Waals surface area (Å²) in [5.74, 6) is 0.0714. The van der Waals surface area contributed by atoms with Crippen LogP contribution >= 0.6 is 23.2 Å². The number of alkyl halides is 2. The molecule has 76 valence electrons. The zero-order valence-electron chi connectivity index (χ0n) is 7.88. The monoisotopic (exact) mass is 241 g/mol. The molecule has 0 bridgehead atoms. The summed E-state index contributed by atoms with van der Waals surface area (Å²) in [4.78, 5) is 0. The van der Waals surface area contributed by atoms with E-state index in [9.17, 15) is 4.55 Å². The molecule has 0 aromatic rings. The van der Waals surface area contributed by atoms with E-state index in [1.54, 1.807) is 6.21 Å². The number of hydrogen-bond acceptors (Lipinski definition) is 2. The van der Waals surface area contributed by atoms with Crippen LogP contribution in [0.25, 0.3) is 0 Å². The molecule has 2 nitrogen and oxygen atoms in total. The van der Waals surface area contributed by atoms with Gasteiger partial charge in [0.25, 0.3) is 0 Å². The minimum absolute atomic E-state index is 0.0714. The van der Waals surface area contributed by atoms with E-state index >= 15 is 0 Å². The average Bonchev–Trinajstić information content (AvgIpc) is 2.52. The minimum atomic E-state index is -1.20. The minimum Gasteiger partial charge on any atom is -0.591 e. The maximum absolute atomic E-state index is 11.4. The second-order valence-corrected chi connectivity index (χ2v) is 7.66. The first-order chi connectivity index (χ1) is 5.73. The Morgan fingerprint density at radius 1 is 1.54 bits per heavy atom. The fourth-order valence-electron chi connectivity index (χ4n) is 0.683. The van der Waals surface area contributed by atoms with E-state index in [4.69, 9.17) is 23.2 Å². The highest BCUT2D eigenvalue weighted by atomic mass is 35.5. The highest BCUT2D eigenvalue weighted by molar-refractivity contribution is 7.91. The predicted molar refractivity (Wildman–Crippen MR) is 58.9 cm³/mol. The molecule has 5 heteroatoms. The van der Waals surface area contributed by atoms with Crippen LogP contribution in [0.3, 0.4) is 0 Å². The van der Waals surface area contributed by atoms with Gasteiger partial charge >= 0.3 is 0 Å². The van der Waals surface area contributed by atoms with E-state index in [0.717, 1.165) is 0 Å². The molecule has 1 aliphatic carbocycles. The van der Waals surface area contributed by atoms with E-state index in [-0.39, 0.29) is 10.7 Å². The first-order valence-corrected chi connectivity index (χ1v) is 5.94. The zero-order valence-corrected chi connectivity index (χ0v) is 10.2. The van der Waals surface area contributed by atoms with Gasteiger partial charge in [0.1, 0.15) is 20.4 Å². The molecule has 0 aliphatic heterocycles. The predicted octanol–water partition coefficient (Wildman–Crippen LogP) is 2.71. The first-order valence-electron chi connectivity index (χ1n) is 4.07. The van der Waals surface area contributed by atoms with Gasteiger partial charge in [-0.15, -0.1) is 23.2 Å². The Hall–Kier alpha value is 0.560. The summed E-state index contributed by atoms with van der Waals surface area (Å²) in [7, 11) is 0. The molecule has 0 spiro atoms. The highest BCUT2D eigenvalue weighted by Crippen LogP contribution is 2.52. The Labute approximate surface area is 92.0 Å². The van der Waals surface area contributed by atoms with Gasteiger partial charge in [-0.05, 0) is 27.2 Å². The third-order valence-electron chi connectivity index (χ3n) is 1.73. The standard InChI is InChI=1S/C8H13Cl2NOS/c1-7(2,3)13(12)11-5-6-4-8(6,9)10/h5-6H,4H2,1-3H3/t6?,13-/m0/s1. The summed E-state index contributed by atoms with van der Waals surface area (Å²) in [6.07, 6.45) is 2.32. The maximum Gasteiger partial charge on any atom is 0.144 e. The van der Waals surface area contributed by atoms with Crippen molar-refractivity contribution in [2.24, 2.45) is 10.3 Å². The second kappa shape index (κ2) is 3.61. The molecular weight excluding hydrogens is 229 g/mol. The fraction of sp³-hybridized carbons (Fsp3) is 0.875. The normalized spacial score (nSPS) is 29.2. The van der Waals surface area contributed by atoms with Gasteiger partial charge in [0.2, 0.25) is 0 Å². The van der Waals surface area contributed by atoms with Crippen molar-refractivity contribution >= 4 is 40.8 Å². The summed E-state index contributed by atoms with van der Waals surface area (Å²) in [5, 5.41) is 0. The number of hydrogen-bond donors (Lipinski definition) is 0. The van der Waals surface area contributed by atoms with Crippen molar-refractivity contribution in [3.05, 3.63) is 0 Å². The van der Waals surface area contributed by atoms with Crippen molar-refractivity contribution < 1.29 is 4.55 Å². The summed E-state index contributed by atoms with van der Waals surface area (Å²) in [6, 6.07) is 0. The Morgan fingerprint density at radius 2 is 2.00 bits per heavy atom.